The normalized spacial score (nSPS) is 12.2. The van der Waals surface area contributed by atoms with Gasteiger partial charge >= 0.3 is 0 Å². The minimum absolute atomic E-state index is 0.121. The van der Waals surface area contributed by atoms with Crippen LogP contribution >= 0.6 is 0 Å². The van der Waals surface area contributed by atoms with Gasteiger partial charge in [-0.05, 0) is 31.0 Å². The Labute approximate surface area is 104 Å². The van der Waals surface area contributed by atoms with E-state index in [1.54, 1.807) is 0 Å². The van der Waals surface area contributed by atoms with Crippen molar-refractivity contribution in [3.63, 3.8) is 0 Å². The first-order valence-corrected chi connectivity index (χ1v) is 6.12. The SMILES string of the molecule is CNCCNC(=O)CC(C)c1ccccc1C. The molecule has 1 atom stereocenters. The minimum atomic E-state index is 0.121. The molecule has 0 aliphatic rings. The largest absolute Gasteiger partial charge is 0.355 e. The number of likely N-dealkylation sites (N-methyl/N-ethyl adjacent to an activating group) is 1. The van der Waals surface area contributed by atoms with E-state index < -0.39 is 0 Å². The van der Waals surface area contributed by atoms with Crippen LogP contribution in [0.25, 0.3) is 0 Å². The van der Waals surface area contributed by atoms with Crippen LogP contribution in [0.2, 0.25) is 0 Å². The minimum Gasteiger partial charge on any atom is -0.355 e. The van der Waals surface area contributed by atoms with E-state index in [2.05, 4.69) is 36.6 Å². The van der Waals surface area contributed by atoms with Crippen LogP contribution in [-0.4, -0.2) is 26.0 Å². The summed E-state index contributed by atoms with van der Waals surface area (Å²) in [7, 11) is 1.88. The number of aryl methyl sites for hydroxylation is 1. The molecule has 0 aliphatic carbocycles. The van der Waals surface area contributed by atoms with Crippen molar-refractivity contribution in [1.82, 2.24) is 10.6 Å². The van der Waals surface area contributed by atoms with Crippen LogP contribution in [0, 0.1) is 6.92 Å². The molecule has 1 amide bonds. The molecule has 1 aromatic rings. The van der Waals surface area contributed by atoms with Crippen LogP contribution in [0.5, 0.6) is 0 Å². The van der Waals surface area contributed by atoms with Crippen molar-refractivity contribution in [3.05, 3.63) is 35.4 Å². The highest BCUT2D eigenvalue weighted by Gasteiger charge is 2.12. The molecule has 0 bridgehead atoms. The summed E-state index contributed by atoms with van der Waals surface area (Å²) in [6, 6.07) is 8.24. The van der Waals surface area contributed by atoms with Crippen LogP contribution < -0.4 is 10.6 Å². The fraction of sp³-hybridized carbons (Fsp3) is 0.500. The topological polar surface area (TPSA) is 41.1 Å². The Kier molecular flexibility index (Phi) is 5.70. The molecule has 1 rings (SSSR count). The Balaban J connectivity index is 2.46. The quantitative estimate of drug-likeness (QED) is 0.737. The van der Waals surface area contributed by atoms with Gasteiger partial charge in [-0.15, -0.1) is 0 Å². The summed E-state index contributed by atoms with van der Waals surface area (Å²) in [6.07, 6.45) is 0.550. The van der Waals surface area contributed by atoms with Crippen molar-refractivity contribution in [2.24, 2.45) is 0 Å². The number of hydrogen-bond donors (Lipinski definition) is 2. The van der Waals surface area contributed by atoms with Gasteiger partial charge in [-0.3, -0.25) is 4.79 Å². The summed E-state index contributed by atoms with van der Waals surface area (Å²) in [5.74, 6) is 0.391. The maximum atomic E-state index is 11.7. The van der Waals surface area contributed by atoms with E-state index in [1.807, 2.05) is 19.2 Å². The number of nitrogens with one attached hydrogen (secondary N) is 2. The third-order valence-corrected chi connectivity index (χ3v) is 2.91. The number of amides is 1. The molecule has 17 heavy (non-hydrogen) atoms. The molecule has 0 fully saturated rings. The zero-order valence-electron chi connectivity index (χ0n) is 10.9. The van der Waals surface area contributed by atoms with E-state index in [0.717, 1.165) is 6.54 Å². The molecule has 3 heteroatoms. The zero-order chi connectivity index (χ0) is 12.7. The highest BCUT2D eigenvalue weighted by molar-refractivity contribution is 5.76. The first-order chi connectivity index (χ1) is 8.15. The molecular formula is C14H22N2O. The van der Waals surface area contributed by atoms with Gasteiger partial charge in [-0.2, -0.15) is 0 Å². The highest BCUT2D eigenvalue weighted by atomic mass is 16.1. The molecule has 1 unspecified atom stereocenters. The Morgan fingerprint density at radius 1 is 1.29 bits per heavy atom. The average molecular weight is 234 g/mol. The lowest BCUT2D eigenvalue weighted by Gasteiger charge is -2.14. The summed E-state index contributed by atoms with van der Waals surface area (Å²) in [4.78, 5) is 11.7. The first-order valence-electron chi connectivity index (χ1n) is 6.12. The molecule has 0 saturated heterocycles. The lowest BCUT2D eigenvalue weighted by molar-refractivity contribution is -0.121. The van der Waals surface area contributed by atoms with Crippen molar-refractivity contribution in [3.8, 4) is 0 Å². The van der Waals surface area contributed by atoms with Crippen molar-refractivity contribution in [1.29, 1.82) is 0 Å². The van der Waals surface area contributed by atoms with E-state index in [4.69, 9.17) is 0 Å². The second-order valence-corrected chi connectivity index (χ2v) is 4.42. The predicted octanol–water partition coefficient (Wildman–Crippen LogP) is 1.82. The van der Waals surface area contributed by atoms with Gasteiger partial charge in [-0.1, -0.05) is 31.2 Å². The fourth-order valence-corrected chi connectivity index (χ4v) is 1.93. The second-order valence-electron chi connectivity index (χ2n) is 4.42. The summed E-state index contributed by atoms with van der Waals surface area (Å²) >= 11 is 0. The van der Waals surface area contributed by atoms with E-state index in [9.17, 15) is 4.79 Å². The summed E-state index contributed by atoms with van der Waals surface area (Å²) in [6.45, 7) is 5.69. The van der Waals surface area contributed by atoms with Gasteiger partial charge < -0.3 is 10.6 Å². The van der Waals surface area contributed by atoms with Crippen molar-refractivity contribution in [2.45, 2.75) is 26.2 Å². The smallest absolute Gasteiger partial charge is 0.220 e. The van der Waals surface area contributed by atoms with Gasteiger partial charge in [0.05, 0.1) is 0 Å². The van der Waals surface area contributed by atoms with Crippen molar-refractivity contribution in [2.75, 3.05) is 20.1 Å². The molecule has 0 spiro atoms. The third kappa shape index (κ3) is 4.57. The summed E-state index contributed by atoms with van der Waals surface area (Å²) < 4.78 is 0. The van der Waals surface area contributed by atoms with E-state index in [-0.39, 0.29) is 11.8 Å². The predicted molar refractivity (Wildman–Crippen MR) is 71.1 cm³/mol. The highest BCUT2D eigenvalue weighted by Crippen LogP contribution is 2.21. The van der Waals surface area contributed by atoms with Crippen molar-refractivity contribution < 1.29 is 4.79 Å². The lowest BCUT2D eigenvalue weighted by Crippen LogP contribution is -2.31. The Morgan fingerprint density at radius 2 is 2.00 bits per heavy atom. The molecular weight excluding hydrogens is 212 g/mol. The Morgan fingerprint density at radius 3 is 2.65 bits per heavy atom. The number of carbonyl (C=O) groups is 1. The average Bonchev–Trinajstić information content (AvgIpc) is 2.29. The molecule has 2 N–H and O–H groups in total. The van der Waals surface area contributed by atoms with Gasteiger partial charge in [0, 0.05) is 19.5 Å². The second kappa shape index (κ2) is 7.07. The van der Waals surface area contributed by atoms with E-state index >= 15 is 0 Å². The zero-order valence-corrected chi connectivity index (χ0v) is 10.9. The molecule has 0 saturated carbocycles. The molecule has 0 radical (unpaired) electrons. The fourth-order valence-electron chi connectivity index (χ4n) is 1.93. The van der Waals surface area contributed by atoms with E-state index in [1.165, 1.54) is 11.1 Å². The number of benzene rings is 1. The molecule has 0 aliphatic heterocycles. The molecule has 94 valence electrons. The van der Waals surface area contributed by atoms with Gasteiger partial charge in [-0.25, -0.2) is 0 Å². The van der Waals surface area contributed by atoms with Crippen LogP contribution in [0.1, 0.15) is 30.4 Å². The Hall–Kier alpha value is -1.35. The molecule has 1 aromatic carbocycles. The summed E-state index contributed by atoms with van der Waals surface area (Å²) in [5.41, 5.74) is 2.51. The van der Waals surface area contributed by atoms with Crippen LogP contribution in [-0.2, 0) is 4.79 Å². The number of rotatable bonds is 6. The van der Waals surface area contributed by atoms with Gasteiger partial charge in [0.2, 0.25) is 5.91 Å². The third-order valence-electron chi connectivity index (χ3n) is 2.91. The molecule has 0 aromatic heterocycles. The first kappa shape index (κ1) is 13.7. The number of hydrogen-bond acceptors (Lipinski definition) is 2. The maximum Gasteiger partial charge on any atom is 0.220 e. The van der Waals surface area contributed by atoms with Crippen LogP contribution in [0.3, 0.4) is 0 Å². The standard InChI is InChI=1S/C14H22N2O/c1-11-6-4-5-7-13(11)12(2)10-14(17)16-9-8-15-3/h4-7,12,15H,8-10H2,1-3H3,(H,16,17). The number of carbonyl (C=O) groups excluding carboxylic acids is 1. The summed E-state index contributed by atoms with van der Waals surface area (Å²) in [5, 5.41) is 5.90. The monoisotopic (exact) mass is 234 g/mol. The lowest BCUT2D eigenvalue weighted by atomic mass is 9.93. The maximum absolute atomic E-state index is 11.7. The molecule has 0 heterocycles. The van der Waals surface area contributed by atoms with Gasteiger partial charge in [0.1, 0.15) is 0 Å². The molecule has 3 nitrogen and oxygen atoms in total. The van der Waals surface area contributed by atoms with Crippen LogP contribution in [0.4, 0.5) is 0 Å². The van der Waals surface area contributed by atoms with Crippen LogP contribution in [0.15, 0.2) is 24.3 Å². The van der Waals surface area contributed by atoms with Gasteiger partial charge in [0.25, 0.3) is 0 Å². The Bertz CT molecular complexity index is 363. The van der Waals surface area contributed by atoms with Crippen molar-refractivity contribution >= 4 is 5.91 Å². The van der Waals surface area contributed by atoms with Gasteiger partial charge in [0.15, 0.2) is 0 Å². The van der Waals surface area contributed by atoms with E-state index in [0.29, 0.717) is 13.0 Å².